The molecule has 0 bridgehead atoms. The summed E-state index contributed by atoms with van der Waals surface area (Å²) in [5.74, 6) is -1.68. The van der Waals surface area contributed by atoms with Gasteiger partial charge in [-0.3, -0.25) is 9.48 Å². The molecule has 0 fully saturated rings. The lowest BCUT2D eigenvalue weighted by Gasteiger charge is -2.11. The maximum atomic E-state index is 13.7. The Kier molecular flexibility index (Phi) is 5.52. The third kappa shape index (κ3) is 4.62. The lowest BCUT2D eigenvalue weighted by Crippen LogP contribution is -2.24. The van der Waals surface area contributed by atoms with Crippen LogP contribution in [0.15, 0.2) is 55.0 Å². The Labute approximate surface area is 148 Å². The second-order valence-corrected chi connectivity index (χ2v) is 5.44. The fourth-order valence-electron chi connectivity index (χ4n) is 2.24. The zero-order valence-corrected chi connectivity index (χ0v) is 13.7. The Morgan fingerprint density at radius 3 is 2.85 bits per heavy atom. The lowest BCUT2D eigenvalue weighted by atomic mass is 10.2. The van der Waals surface area contributed by atoms with E-state index in [2.05, 4.69) is 15.4 Å². The van der Waals surface area contributed by atoms with Crippen LogP contribution in [0.5, 0.6) is 11.6 Å². The van der Waals surface area contributed by atoms with Crippen LogP contribution in [0.1, 0.15) is 12.0 Å². The Balaban J connectivity index is 1.60. The van der Waals surface area contributed by atoms with Crippen LogP contribution in [-0.2, 0) is 17.9 Å². The molecular formula is C18H16F2N4O2. The SMILES string of the molecule is O=C(CCn1cccn1)NCc1cccnc1Oc1ccc(F)cc1F. The van der Waals surface area contributed by atoms with Gasteiger partial charge in [0, 0.05) is 49.7 Å². The molecule has 0 saturated heterocycles. The summed E-state index contributed by atoms with van der Waals surface area (Å²) >= 11 is 0. The fraction of sp³-hybridized carbons (Fsp3) is 0.167. The number of amides is 1. The van der Waals surface area contributed by atoms with Gasteiger partial charge in [-0.25, -0.2) is 13.8 Å². The number of nitrogens with zero attached hydrogens (tertiary/aromatic N) is 3. The summed E-state index contributed by atoms with van der Waals surface area (Å²) in [6, 6.07) is 8.18. The Morgan fingerprint density at radius 1 is 1.19 bits per heavy atom. The molecule has 0 unspecified atom stereocenters. The van der Waals surface area contributed by atoms with Gasteiger partial charge in [0.2, 0.25) is 11.8 Å². The molecule has 1 aromatic carbocycles. The van der Waals surface area contributed by atoms with Crippen LogP contribution in [-0.4, -0.2) is 20.7 Å². The standard InChI is InChI=1S/C18H16F2N4O2/c19-14-4-5-16(15(20)11-14)26-18-13(3-1-7-21-18)12-22-17(25)6-10-24-9-2-8-23-24/h1-5,7-9,11H,6,10,12H2,(H,22,25). The van der Waals surface area contributed by atoms with E-state index in [9.17, 15) is 13.6 Å². The van der Waals surface area contributed by atoms with E-state index in [1.54, 1.807) is 35.3 Å². The Morgan fingerprint density at radius 2 is 2.08 bits per heavy atom. The molecule has 2 aromatic heterocycles. The van der Waals surface area contributed by atoms with Crippen LogP contribution in [0.2, 0.25) is 0 Å². The van der Waals surface area contributed by atoms with Gasteiger partial charge >= 0.3 is 0 Å². The van der Waals surface area contributed by atoms with E-state index in [1.807, 2.05) is 0 Å². The molecule has 6 nitrogen and oxygen atoms in total. The largest absolute Gasteiger partial charge is 0.436 e. The average Bonchev–Trinajstić information content (AvgIpc) is 3.15. The van der Waals surface area contributed by atoms with Gasteiger partial charge in [0.05, 0.1) is 0 Å². The van der Waals surface area contributed by atoms with Gasteiger partial charge in [0.1, 0.15) is 5.82 Å². The lowest BCUT2D eigenvalue weighted by molar-refractivity contribution is -0.121. The number of benzene rings is 1. The van der Waals surface area contributed by atoms with E-state index < -0.39 is 11.6 Å². The monoisotopic (exact) mass is 358 g/mol. The number of aryl methyl sites for hydroxylation is 1. The van der Waals surface area contributed by atoms with Crippen molar-refractivity contribution in [3.63, 3.8) is 0 Å². The van der Waals surface area contributed by atoms with Gasteiger partial charge in [-0.05, 0) is 24.3 Å². The molecule has 1 N–H and O–H groups in total. The van der Waals surface area contributed by atoms with Crippen LogP contribution < -0.4 is 10.1 Å². The molecule has 3 aromatic rings. The smallest absolute Gasteiger partial charge is 0.224 e. The molecule has 1 amide bonds. The van der Waals surface area contributed by atoms with E-state index >= 15 is 0 Å². The quantitative estimate of drug-likeness (QED) is 0.705. The maximum Gasteiger partial charge on any atom is 0.224 e. The number of hydrogen-bond acceptors (Lipinski definition) is 4. The summed E-state index contributed by atoms with van der Waals surface area (Å²) in [5.41, 5.74) is 0.573. The predicted molar refractivity (Wildman–Crippen MR) is 89.4 cm³/mol. The molecule has 0 saturated carbocycles. The number of nitrogens with one attached hydrogen (secondary N) is 1. The van der Waals surface area contributed by atoms with E-state index in [4.69, 9.17) is 4.74 Å². The topological polar surface area (TPSA) is 69.0 Å². The van der Waals surface area contributed by atoms with Crippen molar-refractivity contribution in [2.24, 2.45) is 0 Å². The van der Waals surface area contributed by atoms with Crippen molar-refractivity contribution in [2.75, 3.05) is 0 Å². The molecule has 0 radical (unpaired) electrons. The molecule has 0 aliphatic rings. The number of aromatic nitrogens is 3. The Hall–Kier alpha value is -3.29. The second-order valence-electron chi connectivity index (χ2n) is 5.44. The van der Waals surface area contributed by atoms with Crippen molar-refractivity contribution in [3.05, 3.63) is 72.2 Å². The minimum atomic E-state index is -0.829. The van der Waals surface area contributed by atoms with Crippen LogP contribution in [0.3, 0.4) is 0 Å². The number of pyridine rings is 1. The normalized spacial score (nSPS) is 10.5. The first kappa shape index (κ1) is 17.5. The molecule has 26 heavy (non-hydrogen) atoms. The molecule has 2 heterocycles. The first-order valence-corrected chi connectivity index (χ1v) is 7.93. The van der Waals surface area contributed by atoms with E-state index in [-0.39, 0.29) is 30.5 Å². The van der Waals surface area contributed by atoms with E-state index in [1.165, 1.54) is 12.3 Å². The Bertz CT molecular complexity index is 885. The molecule has 0 spiro atoms. The third-order valence-corrected chi connectivity index (χ3v) is 3.55. The van der Waals surface area contributed by atoms with Crippen molar-refractivity contribution in [2.45, 2.75) is 19.5 Å². The van der Waals surface area contributed by atoms with Crippen molar-refractivity contribution in [3.8, 4) is 11.6 Å². The number of hydrogen-bond donors (Lipinski definition) is 1. The zero-order chi connectivity index (χ0) is 18.4. The highest BCUT2D eigenvalue weighted by Gasteiger charge is 2.11. The number of carbonyl (C=O) groups excluding carboxylic acids is 1. The van der Waals surface area contributed by atoms with Gasteiger partial charge in [-0.2, -0.15) is 5.10 Å². The van der Waals surface area contributed by atoms with Crippen LogP contribution in [0.4, 0.5) is 8.78 Å². The number of rotatable bonds is 7. The minimum absolute atomic E-state index is 0.142. The second kappa shape index (κ2) is 8.19. The first-order valence-electron chi connectivity index (χ1n) is 7.93. The summed E-state index contributed by atoms with van der Waals surface area (Å²) in [7, 11) is 0. The van der Waals surface area contributed by atoms with Crippen molar-refractivity contribution >= 4 is 5.91 Å². The van der Waals surface area contributed by atoms with Crippen molar-refractivity contribution in [1.82, 2.24) is 20.1 Å². The van der Waals surface area contributed by atoms with Crippen molar-refractivity contribution < 1.29 is 18.3 Å². The van der Waals surface area contributed by atoms with Gasteiger partial charge < -0.3 is 10.1 Å². The average molecular weight is 358 g/mol. The van der Waals surface area contributed by atoms with Gasteiger partial charge in [0.25, 0.3) is 0 Å². The van der Waals surface area contributed by atoms with Crippen LogP contribution in [0.25, 0.3) is 0 Å². The molecular weight excluding hydrogens is 342 g/mol. The highest BCUT2D eigenvalue weighted by Crippen LogP contribution is 2.25. The molecule has 0 aliphatic carbocycles. The van der Waals surface area contributed by atoms with Crippen LogP contribution in [0, 0.1) is 11.6 Å². The van der Waals surface area contributed by atoms with E-state index in [0.717, 1.165) is 12.1 Å². The molecule has 0 atom stereocenters. The van der Waals surface area contributed by atoms with Crippen LogP contribution >= 0.6 is 0 Å². The third-order valence-electron chi connectivity index (χ3n) is 3.55. The molecule has 3 rings (SSSR count). The zero-order valence-electron chi connectivity index (χ0n) is 13.7. The van der Waals surface area contributed by atoms with Gasteiger partial charge in [-0.1, -0.05) is 6.07 Å². The summed E-state index contributed by atoms with van der Waals surface area (Å²) in [6.07, 6.45) is 5.17. The summed E-state index contributed by atoms with van der Waals surface area (Å²) in [5, 5.41) is 6.78. The molecule has 8 heteroatoms. The highest BCUT2D eigenvalue weighted by atomic mass is 19.1. The van der Waals surface area contributed by atoms with Gasteiger partial charge in [0.15, 0.2) is 11.6 Å². The molecule has 134 valence electrons. The van der Waals surface area contributed by atoms with E-state index in [0.29, 0.717) is 12.1 Å². The number of ether oxygens (including phenoxy) is 1. The number of carbonyl (C=O) groups is 1. The number of halogens is 2. The predicted octanol–water partition coefficient (Wildman–Crippen LogP) is 3.06. The van der Waals surface area contributed by atoms with Crippen molar-refractivity contribution in [1.29, 1.82) is 0 Å². The first-order chi connectivity index (χ1) is 12.6. The maximum absolute atomic E-state index is 13.7. The minimum Gasteiger partial charge on any atom is -0.436 e. The summed E-state index contributed by atoms with van der Waals surface area (Å²) in [6.45, 7) is 0.639. The highest BCUT2D eigenvalue weighted by molar-refractivity contribution is 5.75. The summed E-state index contributed by atoms with van der Waals surface area (Å²) in [4.78, 5) is 16.0. The molecule has 0 aliphatic heterocycles. The van der Waals surface area contributed by atoms with Gasteiger partial charge in [-0.15, -0.1) is 0 Å². The fourth-order valence-corrected chi connectivity index (χ4v) is 2.24. The summed E-state index contributed by atoms with van der Waals surface area (Å²) < 4.78 is 33.8.